The van der Waals surface area contributed by atoms with Gasteiger partial charge in [0.15, 0.2) is 11.5 Å². The monoisotopic (exact) mass is 507 g/mol. The highest BCUT2D eigenvalue weighted by Crippen LogP contribution is 2.28. The number of benzene rings is 2. The lowest BCUT2D eigenvalue weighted by Crippen LogP contribution is -2.28. The van der Waals surface area contributed by atoms with Gasteiger partial charge in [-0.1, -0.05) is 49.8 Å². The van der Waals surface area contributed by atoms with Crippen LogP contribution in [0.4, 0.5) is 0 Å². The average Bonchev–Trinajstić information content (AvgIpc) is 3.18. The summed E-state index contributed by atoms with van der Waals surface area (Å²) in [7, 11) is 1.58. The number of unbranched alkanes of at least 4 members (excludes halogenated alkanes) is 1. The van der Waals surface area contributed by atoms with E-state index in [2.05, 4.69) is 17.0 Å². The molecule has 0 atom stereocenters. The summed E-state index contributed by atoms with van der Waals surface area (Å²) in [6, 6.07) is 13.0. The Labute approximate surface area is 212 Å². The minimum atomic E-state index is -0.440. The molecule has 0 unspecified atom stereocenters. The predicted octanol–water partition coefficient (Wildman–Crippen LogP) is 3.63. The molecular weight excluding hydrogens is 478 g/mol. The van der Waals surface area contributed by atoms with Crippen LogP contribution in [0.25, 0.3) is 11.0 Å². The molecule has 36 heavy (non-hydrogen) atoms. The van der Waals surface area contributed by atoms with Gasteiger partial charge >= 0.3 is 0 Å². The van der Waals surface area contributed by atoms with E-state index >= 15 is 0 Å². The van der Waals surface area contributed by atoms with Gasteiger partial charge in [0, 0.05) is 6.42 Å². The summed E-state index contributed by atoms with van der Waals surface area (Å²) < 4.78 is 18.5. The standard InChI is InChI=1S/C27H29N3O5S/c1-4-6-14-35-22-12-9-19(16-23(22)33-3)17-24-26(32)30-27(36-24)28-25(31)21(29-30)15-18-7-10-20(11-8-18)34-13-5-2/h7-12,16-17H,4-6,13-15H2,1-3H3. The molecule has 0 bridgehead atoms. The van der Waals surface area contributed by atoms with Gasteiger partial charge in [0.05, 0.1) is 24.9 Å². The third-order valence-corrected chi connectivity index (χ3v) is 6.42. The Balaban J connectivity index is 1.61. The number of methoxy groups -OCH3 is 1. The van der Waals surface area contributed by atoms with Crippen molar-refractivity contribution >= 4 is 22.4 Å². The Bertz CT molecular complexity index is 1500. The maximum atomic E-state index is 13.1. The van der Waals surface area contributed by atoms with Crippen molar-refractivity contribution in [3.8, 4) is 17.2 Å². The van der Waals surface area contributed by atoms with Crippen molar-refractivity contribution in [1.82, 2.24) is 14.6 Å². The Morgan fingerprint density at radius 2 is 1.78 bits per heavy atom. The third kappa shape index (κ3) is 5.91. The molecule has 4 rings (SSSR count). The molecule has 0 fully saturated rings. The minimum Gasteiger partial charge on any atom is -0.494 e. The summed E-state index contributed by atoms with van der Waals surface area (Å²) in [5.74, 6) is 2.02. The zero-order valence-corrected chi connectivity index (χ0v) is 21.5. The second kappa shape index (κ2) is 11.8. The van der Waals surface area contributed by atoms with Crippen LogP contribution >= 0.6 is 11.3 Å². The van der Waals surface area contributed by atoms with Crippen molar-refractivity contribution in [3.63, 3.8) is 0 Å². The molecule has 0 aliphatic carbocycles. The molecule has 2 heterocycles. The number of hydrogen-bond acceptors (Lipinski definition) is 8. The van der Waals surface area contributed by atoms with Gasteiger partial charge in [-0.2, -0.15) is 14.6 Å². The number of fused-ring (bicyclic) bond motifs is 1. The van der Waals surface area contributed by atoms with Gasteiger partial charge in [0.1, 0.15) is 11.4 Å². The van der Waals surface area contributed by atoms with Crippen LogP contribution in [0.1, 0.15) is 49.9 Å². The number of hydrogen-bond donors (Lipinski definition) is 0. The fraction of sp³-hybridized carbons (Fsp3) is 0.333. The first-order valence-corrected chi connectivity index (χ1v) is 12.8. The van der Waals surface area contributed by atoms with E-state index in [0.29, 0.717) is 29.2 Å². The fourth-order valence-corrected chi connectivity index (χ4v) is 4.44. The molecule has 2 aromatic heterocycles. The molecule has 188 valence electrons. The largest absolute Gasteiger partial charge is 0.494 e. The van der Waals surface area contributed by atoms with E-state index in [0.717, 1.165) is 47.5 Å². The Hall–Kier alpha value is -3.72. The third-order valence-electron chi connectivity index (χ3n) is 5.46. The lowest BCUT2D eigenvalue weighted by atomic mass is 10.1. The summed E-state index contributed by atoms with van der Waals surface area (Å²) in [6.45, 7) is 5.41. The highest BCUT2D eigenvalue weighted by molar-refractivity contribution is 7.15. The summed E-state index contributed by atoms with van der Waals surface area (Å²) >= 11 is 1.12. The maximum Gasteiger partial charge on any atom is 0.296 e. The average molecular weight is 508 g/mol. The summed E-state index contributed by atoms with van der Waals surface area (Å²) in [4.78, 5) is 30.0. The highest BCUT2D eigenvalue weighted by atomic mass is 32.1. The normalized spacial score (nSPS) is 11.7. The molecule has 8 nitrogen and oxygen atoms in total. The number of nitrogens with zero attached hydrogens (tertiary/aromatic N) is 3. The second-order valence-electron chi connectivity index (χ2n) is 8.26. The molecule has 0 aliphatic rings. The number of thiazole rings is 1. The second-order valence-corrected chi connectivity index (χ2v) is 9.26. The molecule has 0 amide bonds. The molecule has 0 spiro atoms. The first kappa shape index (κ1) is 25.4. The molecule has 0 aliphatic heterocycles. The van der Waals surface area contributed by atoms with Crippen molar-refractivity contribution in [2.75, 3.05) is 20.3 Å². The smallest absolute Gasteiger partial charge is 0.296 e. The van der Waals surface area contributed by atoms with Gasteiger partial charge in [0.2, 0.25) is 4.96 Å². The van der Waals surface area contributed by atoms with E-state index in [1.54, 1.807) is 13.2 Å². The van der Waals surface area contributed by atoms with Crippen LogP contribution in [-0.2, 0) is 6.42 Å². The molecule has 9 heteroatoms. The van der Waals surface area contributed by atoms with E-state index in [4.69, 9.17) is 14.2 Å². The molecule has 0 saturated carbocycles. The van der Waals surface area contributed by atoms with Crippen molar-refractivity contribution < 1.29 is 14.2 Å². The van der Waals surface area contributed by atoms with Crippen LogP contribution in [0.3, 0.4) is 0 Å². The SMILES string of the molecule is CCCCOc1ccc(C=c2sc3nc(=O)c(Cc4ccc(OCCC)cc4)nn3c2=O)cc1OC. The predicted molar refractivity (Wildman–Crippen MR) is 141 cm³/mol. The van der Waals surface area contributed by atoms with E-state index in [9.17, 15) is 9.59 Å². The highest BCUT2D eigenvalue weighted by Gasteiger charge is 2.12. The molecule has 4 aromatic rings. The zero-order chi connectivity index (χ0) is 25.5. The lowest BCUT2D eigenvalue weighted by molar-refractivity contribution is 0.288. The van der Waals surface area contributed by atoms with Gasteiger partial charge < -0.3 is 14.2 Å². The van der Waals surface area contributed by atoms with E-state index in [1.165, 1.54) is 4.52 Å². The number of rotatable bonds is 11. The molecule has 0 N–H and O–H groups in total. The van der Waals surface area contributed by atoms with Crippen LogP contribution in [0, 0.1) is 0 Å². The summed E-state index contributed by atoms with van der Waals surface area (Å²) in [5, 5.41) is 4.34. The van der Waals surface area contributed by atoms with Gasteiger partial charge in [0.25, 0.3) is 11.1 Å². The van der Waals surface area contributed by atoms with Gasteiger partial charge in [-0.15, -0.1) is 0 Å². The van der Waals surface area contributed by atoms with Crippen LogP contribution in [0.15, 0.2) is 52.1 Å². The van der Waals surface area contributed by atoms with Crippen LogP contribution in [-0.4, -0.2) is 34.9 Å². The fourth-order valence-electron chi connectivity index (χ4n) is 3.54. The maximum absolute atomic E-state index is 13.1. The first-order chi connectivity index (χ1) is 17.5. The molecule has 0 saturated heterocycles. The topological polar surface area (TPSA) is 92.0 Å². The Morgan fingerprint density at radius 3 is 2.50 bits per heavy atom. The van der Waals surface area contributed by atoms with Gasteiger partial charge in [-0.3, -0.25) is 9.59 Å². The van der Waals surface area contributed by atoms with E-state index < -0.39 is 5.56 Å². The van der Waals surface area contributed by atoms with Crippen LogP contribution in [0.5, 0.6) is 17.2 Å². The quantitative estimate of drug-likeness (QED) is 0.286. The number of aromatic nitrogens is 3. The Kier molecular flexibility index (Phi) is 8.32. The Morgan fingerprint density at radius 1 is 0.972 bits per heavy atom. The van der Waals surface area contributed by atoms with Crippen molar-refractivity contribution in [1.29, 1.82) is 0 Å². The minimum absolute atomic E-state index is 0.214. The van der Waals surface area contributed by atoms with Gasteiger partial charge in [-0.25, -0.2) is 0 Å². The van der Waals surface area contributed by atoms with Crippen LogP contribution in [0.2, 0.25) is 0 Å². The summed E-state index contributed by atoms with van der Waals surface area (Å²) in [6.07, 6.45) is 4.93. The van der Waals surface area contributed by atoms with Crippen molar-refractivity contribution in [2.45, 2.75) is 39.5 Å². The van der Waals surface area contributed by atoms with Crippen molar-refractivity contribution in [3.05, 3.63) is 84.5 Å². The summed E-state index contributed by atoms with van der Waals surface area (Å²) in [5.41, 5.74) is 1.10. The first-order valence-electron chi connectivity index (χ1n) is 12.0. The van der Waals surface area contributed by atoms with Gasteiger partial charge in [-0.05, 0) is 54.3 Å². The molecule has 0 radical (unpaired) electrons. The van der Waals surface area contributed by atoms with Crippen molar-refractivity contribution in [2.24, 2.45) is 0 Å². The van der Waals surface area contributed by atoms with E-state index in [-0.39, 0.29) is 22.6 Å². The zero-order valence-electron chi connectivity index (χ0n) is 20.7. The number of ether oxygens (including phenoxy) is 3. The molecular formula is C27H29N3O5S. The van der Waals surface area contributed by atoms with Crippen LogP contribution < -0.4 is 29.9 Å². The molecule has 2 aromatic carbocycles. The lowest BCUT2D eigenvalue weighted by Gasteiger charge is -2.10. The van der Waals surface area contributed by atoms with E-state index in [1.807, 2.05) is 49.4 Å².